The van der Waals surface area contributed by atoms with Gasteiger partial charge in [0.05, 0.1) is 30.9 Å². The number of ether oxygens (including phenoxy) is 2. The molecule has 1 aromatic carbocycles. The van der Waals surface area contributed by atoms with Crippen LogP contribution in [0.3, 0.4) is 0 Å². The van der Waals surface area contributed by atoms with Gasteiger partial charge >= 0.3 is 11.9 Å². The van der Waals surface area contributed by atoms with Crippen molar-refractivity contribution in [2.75, 3.05) is 13.2 Å². The highest BCUT2D eigenvalue weighted by atomic mass is 16.5. The Morgan fingerprint density at radius 1 is 0.885 bits per heavy atom. The summed E-state index contributed by atoms with van der Waals surface area (Å²) >= 11 is 0. The molecule has 146 valence electrons. The third-order valence-corrected chi connectivity index (χ3v) is 4.73. The van der Waals surface area contributed by atoms with Crippen LogP contribution in [0.25, 0.3) is 0 Å². The molecule has 0 radical (unpaired) electrons. The van der Waals surface area contributed by atoms with Crippen molar-refractivity contribution in [2.45, 2.75) is 60.0 Å². The number of aliphatic hydroxyl groups excluding tert-OH is 1. The lowest BCUT2D eigenvalue weighted by molar-refractivity contribution is 0.0483. The second-order valence-electron chi connectivity index (χ2n) is 6.95. The minimum absolute atomic E-state index is 0.259. The molecule has 0 fully saturated rings. The molecule has 0 aliphatic carbocycles. The minimum atomic E-state index is -0.489. The van der Waals surface area contributed by atoms with Gasteiger partial charge in [0.1, 0.15) is 0 Å². The van der Waals surface area contributed by atoms with Crippen LogP contribution >= 0.6 is 0 Å². The van der Waals surface area contributed by atoms with E-state index in [4.69, 9.17) is 9.47 Å². The van der Waals surface area contributed by atoms with Gasteiger partial charge < -0.3 is 14.6 Å². The summed E-state index contributed by atoms with van der Waals surface area (Å²) in [4.78, 5) is 24.5. The molecule has 0 saturated heterocycles. The van der Waals surface area contributed by atoms with Crippen LogP contribution in [0.5, 0.6) is 0 Å². The van der Waals surface area contributed by atoms with Crippen molar-refractivity contribution in [3.05, 3.63) is 34.9 Å². The van der Waals surface area contributed by atoms with Crippen molar-refractivity contribution in [3.63, 3.8) is 0 Å². The summed E-state index contributed by atoms with van der Waals surface area (Å²) in [7, 11) is 0. The average Bonchev–Trinajstić information content (AvgIpc) is 2.66. The summed E-state index contributed by atoms with van der Waals surface area (Å²) in [6.45, 7) is 8.81. The number of benzene rings is 1. The third-order valence-electron chi connectivity index (χ3n) is 4.73. The average molecular weight is 364 g/mol. The van der Waals surface area contributed by atoms with Gasteiger partial charge in [-0.15, -0.1) is 0 Å². The highest BCUT2D eigenvalue weighted by Crippen LogP contribution is 2.15. The van der Waals surface area contributed by atoms with Gasteiger partial charge in [-0.1, -0.05) is 40.5 Å². The molecule has 1 rings (SSSR count). The zero-order valence-corrected chi connectivity index (χ0v) is 16.4. The first-order valence-electron chi connectivity index (χ1n) is 9.50. The van der Waals surface area contributed by atoms with E-state index in [1.54, 1.807) is 12.1 Å². The SMILES string of the molecule is CCC(C)CCOC(=O)c1cc(CO)cc(C(=O)OCCC(C)CC)c1. The summed E-state index contributed by atoms with van der Waals surface area (Å²) in [5.74, 6) is -0.000212. The quantitative estimate of drug-likeness (QED) is 0.591. The third kappa shape index (κ3) is 7.56. The van der Waals surface area contributed by atoms with E-state index < -0.39 is 11.9 Å². The van der Waals surface area contributed by atoms with Crippen LogP contribution < -0.4 is 0 Å². The Morgan fingerprint density at radius 3 is 1.65 bits per heavy atom. The van der Waals surface area contributed by atoms with Crippen molar-refractivity contribution < 1.29 is 24.2 Å². The monoisotopic (exact) mass is 364 g/mol. The van der Waals surface area contributed by atoms with Gasteiger partial charge in [-0.3, -0.25) is 0 Å². The zero-order chi connectivity index (χ0) is 19.5. The lowest BCUT2D eigenvalue weighted by Crippen LogP contribution is -2.13. The second kappa shape index (κ2) is 11.7. The van der Waals surface area contributed by atoms with Gasteiger partial charge in [-0.25, -0.2) is 9.59 Å². The Balaban J connectivity index is 2.74. The standard InChI is InChI=1S/C21H32O5/c1-5-15(3)7-9-25-20(23)18-11-17(14-22)12-19(13-18)21(24)26-10-8-16(4)6-2/h11-13,15-16,22H,5-10,14H2,1-4H3. The molecule has 0 aromatic heterocycles. The molecular weight excluding hydrogens is 332 g/mol. The molecule has 2 unspecified atom stereocenters. The Kier molecular flexibility index (Phi) is 9.96. The number of aliphatic hydroxyl groups is 1. The van der Waals surface area contributed by atoms with Crippen LogP contribution in [-0.4, -0.2) is 30.3 Å². The molecule has 0 saturated carbocycles. The van der Waals surface area contributed by atoms with Gasteiger partial charge in [-0.2, -0.15) is 0 Å². The maximum atomic E-state index is 12.2. The normalized spacial score (nSPS) is 13.1. The molecule has 0 aliphatic heterocycles. The van der Waals surface area contributed by atoms with E-state index in [0.29, 0.717) is 30.6 Å². The van der Waals surface area contributed by atoms with Gasteiger partial charge in [0, 0.05) is 0 Å². The van der Waals surface area contributed by atoms with E-state index >= 15 is 0 Å². The topological polar surface area (TPSA) is 72.8 Å². The van der Waals surface area contributed by atoms with Crippen LogP contribution in [0, 0.1) is 11.8 Å². The molecule has 0 bridgehead atoms. The van der Waals surface area contributed by atoms with Crippen LogP contribution in [0.15, 0.2) is 18.2 Å². The first-order valence-corrected chi connectivity index (χ1v) is 9.50. The van der Waals surface area contributed by atoms with E-state index in [0.717, 1.165) is 25.7 Å². The molecule has 1 N–H and O–H groups in total. The van der Waals surface area contributed by atoms with E-state index in [2.05, 4.69) is 27.7 Å². The highest BCUT2D eigenvalue weighted by molar-refractivity contribution is 5.95. The number of hydrogen-bond donors (Lipinski definition) is 1. The van der Waals surface area contributed by atoms with Gasteiger partial charge in [0.15, 0.2) is 0 Å². The van der Waals surface area contributed by atoms with E-state index in [1.807, 2.05) is 0 Å². The fourth-order valence-electron chi connectivity index (χ4n) is 2.30. The molecule has 0 amide bonds. The fraction of sp³-hybridized carbons (Fsp3) is 0.619. The van der Waals surface area contributed by atoms with Crippen molar-refractivity contribution in [3.8, 4) is 0 Å². The lowest BCUT2D eigenvalue weighted by Gasteiger charge is -2.12. The Hall–Kier alpha value is -1.88. The Bertz CT molecular complexity index is 536. The predicted molar refractivity (Wildman–Crippen MR) is 101 cm³/mol. The summed E-state index contributed by atoms with van der Waals surface area (Å²) < 4.78 is 10.6. The van der Waals surface area contributed by atoms with Crippen molar-refractivity contribution in [1.29, 1.82) is 0 Å². The first kappa shape index (κ1) is 22.2. The van der Waals surface area contributed by atoms with E-state index in [9.17, 15) is 14.7 Å². The smallest absolute Gasteiger partial charge is 0.338 e. The summed E-state index contributed by atoms with van der Waals surface area (Å²) in [5.41, 5.74) is 0.999. The molecule has 1 aromatic rings. The maximum Gasteiger partial charge on any atom is 0.338 e. The van der Waals surface area contributed by atoms with Crippen LogP contribution in [0.2, 0.25) is 0 Å². The van der Waals surface area contributed by atoms with Crippen molar-refractivity contribution in [2.24, 2.45) is 11.8 Å². The van der Waals surface area contributed by atoms with Crippen molar-refractivity contribution >= 4 is 11.9 Å². The Labute approximate surface area is 156 Å². The summed E-state index contributed by atoms with van der Waals surface area (Å²) in [6.07, 6.45) is 3.66. The largest absolute Gasteiger partial charge is 0.462 e. The molecular formula is C21H32O5. The van der Waals surface area contributed by atoms with E-state index in [1.165, 1.54) is 6.07 Å². The number of esters is 2. The molecule has 0 spiro atoms. The molecule has 5 nitrogen and oxygen atoms in total. The van der Waals surface area contributed by atoms with Crippen LogP contribution in [0.4, 0.5) is 0 Å². The van der Waals surface area contributed by atoms with Gasteiger partial charge in [0.25, 0.3) is 0 Å². The zero-order valence-electron chi connectivity index (χ0n) is 16.4. The van der Waals surface area contributed by atoms with Gasteiger partial charge in [0.2, 0.25) is 0 Å². The van der Waals surface area contributed by atoms with Gasteiger partial charge in [-0.05, 0) is 48.4 Å². The summed E-state index contributed by atoms with van der Waals surface area (Å²) in [5, 5.41) is 9.41. The molecule has 5 heteroatoms. The van der Waals surface area contributed by atoms with Crippen LogP contribution in [-0.2, 0) is 16.1 Å². The number of carbonyl (C=O) groups is 2. The predicted octanol–water partition coefficient (Wildman–Crippen LogP) is 4.36. The lowest BCUT2D eigenvalue weighted by atomic mass is 10.1. The Morgan fingerprint density at radius 2 is 1.31 bits per heavy atom. The van der Waals surface area contributed by atoms with E-state index in [-0.39, 0.29) is 17.7 Å². The number of hydrogen-bond acceptors (Lipinski definition) is 5. The summed E-state index contributed by atoms with van der Waals surface area (Å²) in [6, 6.07) is 4.55. The highest BCUT2D eigenvalue weighted by Gasteiger charge is 2.15. The second-order valence-corrected chi connectivity index (χ2v) is 6.95. The first-order chi connectivity index (χ1) is 12.4. The molecule has 26 heavy (non-hydrogen) atoms. The maximum absolute atomic E-state index is 12.2. The minimum Gasteiger partial charge on any atom is -0.462 e. The number of carbonyl (C=O) groups excluding carboxylic acids is 2. The molecule has 0 aliphatic rings. The van der Waals surface area contributed by atoms with Crippen molar-refractivity contribution in [1.82, 2.24) is 0 Å². The van der Waals surface area contributed by atoms with Crippen LogP contribution in [0.1, 0.15) is 79.7 Å². The molecule has 2 atom stereocenters. The molecule has 0 heterocycles. The number of rotatable bonds is 11. The fourth-order valence-corrected chi connectivity index (χ4v) is 2.30.